The first-order valence-electron chi connectivity index (χ1n) is 7.56. The predicted octanol–water partition coefficient (Wildman–Crippen LogP) is 2.06. The van der Waals surface area contributed by atoms with Crippen molar-refractivity contribution in [2.45, 2.75) is 50.5 Å². The molecule has 0 spiro atoms. The monoisotopic (exact) mass is 261 g/mol. The zero-order valence-corrected chi connectivity index (χ0v) is 11.5. The molecular weight excluding hydrogens is 238 g/mol. The summed E-state index contributed by atoms with van der Waals surface area (Å²) in [6, 6.07) is 2.10. The largest absolute Gasteiger partial charge is 0.375 e. The van der Waals surface area contributed by atoms with Crippen molar-refractivity contribution in [3.05, 3.63) is 23.8 Å². The maximum atomic E-state index is 5.72. The normalized spacial score (nSPS) is 25.4. The van der Waals surface area contributed by atoms with E-state index in [9.17, 15) is 0 Å². The summed E-state index contributed by atoms with van der Waals surface area (Å²) in [7, 11) is 0. The van der Waals surface area contributed by atoms with Crippen molar-refractivity contribution in [1.82, 2.24) is 15.3 Å². The molecule has 1 unspecified atom stereocenters. The van der Waals surface area contributed by atoms with Gasteiger partial charge in [-0.05, 0) is 18.9 Å². The second-order valence-electron chi connectivity index (χ2n) is 5.63. The van der Waals surface area contributed by atoms with Gasteiger partial charge in [0.05, 0.1) is 12.7 Å². The van der Waals surface area contributed by atoms with E-state index in [0.29, 0.717) is 5.92 Å². The molecule has 2 heterocycles. The van der Waals surface area contributed by atoms with Crippen LogP contribution in [0.5, 0.6) is 0 Å². The van der Waals surface area contributed by atoms with Crippen molar-refractivity contribution in [2.24, 2.45) is 0 Å². The van der Waals surface area contributed by atoms with E-state index < -0.39 is 0 Å². The van der Waals surface area contributed by atoms with Crippen LogP contribution in [0.25, 0.3) is 0 Å². The molecule has 3 rings (SSSR count). The summed E-state index contributed by atoms with van der Waals surface area (Å²) in [4.78, 5) is 9.18. The maximum absolute atomic E-state index is 5.72. The van der Waals surface area contributed by atoms with E-state index in [1.54, 1.807) is 0 Å². The van der Waals surface area contributed by atoms with Crippen LogP contribution < -0.4 is 5.32 Å². The molecule has 1 aromatic rings. The molecule has 2 aliphatic rings. The van der Waals surface area contributed by atoms with Gasteiger partial charge in [0.15, 0.2) is 0 Å². The first-order chi connectivity index (χ1) is 9.42. The van der Waals surface area contributed by atoms with E-state index in [1.807, 2.05) is 6.20 Å². The zero-order chi connectivity index (χ0) is 12.9. The van der Waals surface area contributed by atoms with Gasteiger partial charge in [0, 0.05) is 37.3 Å². The summed E-state index contributed by atoms with van der Waals surface area (Å²) in [5, 5.41) is 3.35. The third-order valence-corrected chi connectivity index (χ3v) is 4.17. The van der Waals surface area contributed by atoms with Crippen LogP contribution in [0, 0.1) is 0 Å². The Morgan fingerprint density at radius 3 is 2.95 bits per heavy atom. The molecule has 0 amide bonds. The van der Waals surface area contributed by atoms with Crippen LogP contribution in [-0.4, -0.2) is 35.8 Å². The van der Waals surface area contributed by atoms with E-state index in [0.717, 1.165) is 31.9 Å². The number of aromatic nitrogens is 2. The molecule has 1 aliphatic heterocycles. The molecular formula is C15H23N3O. The Hall–Kier alpha value is -1.00. The fraction of sp³-hybridized carbons (Fsp3) is 0.733. The average molecular weight is 261 g/mol. The quantitative estimate of drug-likeness (QED) is 0.904. The zero-order valence-electron chi connectivity index (χ0n) is 11.5. The van der Waals surface area contributed by atoms with E-state index in [2.05, 4.69) is 16.4 Å². The van der Waals surface area contributed by atoms with E-state index >= 15 is 0 Å². The number of nitrogens with one attached hydrogen (secondary N) is 1. The molecule has 1 N–H and O–H groups in total. The van der Waals surface area contributed by atoms with Gasteiger partial charge in [0.2, 0.25) is 0 Å². The van der Waals surface area contributed by atoms with Crippen LogP contribution in [0.15, 0.2) is 12.3 Å². The van der Waals surface area contributed by atoms with Gasteiger partial charge in [-0.2, -0.15) is 0 Å². The van der Waals surface area contributed by atoms with Crippen molar-refractivity contribution in [3.8, 4) is 0 Å². The summed E-state index contributed by atoms with van der Waals surface area (Å²) in [6.45, 7) is 2.67. The Balaban J connectivity index is 1.64. The lowest BCUT2D eigenvalue weighted by Gasteiger charge is -2.24. The van der Waals surface area contributed by atoms with Crippen LogP contribution in [0.1, 0.15) is 49.5 Å². The Kier molecular flexibility index (Phi) is 4.41. The molecule has 4 nitrogen and oxygen atoms in total. The predicted molar refractivity (Wildman–Crippen MR) is 74.2 cm³/mol. The van der Waals surface area contributed by atoms with Crippen molar-refractivity contribution in [3.63, 3.8) is 0 Å². The van der Waals surface area contributed by atoms with Crippen molar-refractivity contribution in [2.75, 3.05) is 19.7 Å². The second kappa shape index (κ2) is 6.44. The number of rotatable bonds is 3. The second-order valence-corrected chi connectivity index (χ2v) is 5.63. The van der Waals surface area contributed by atoms with Gasteiger partial charge >= 0.3 is 0 Å². The summed E-state index contributed by atoms with van der Waals surface area (Å²) in [5.74, 6) is 1.60. The molecule has 19 heavy (non-hydrogen) atoms. The molecule has 1 saturated heterocycles. The molecule has 1 aromatic heterocycles. The van der Waals surface area contributed by atoms with Crippen molar-refractivity contribution >= 4 is 0 Å². The number of ether oxygens (including phenoxy) is 1. The average Bonchev–Trinajstić information content (AvgIpc) is 2.49. The lowest BCUT2D eigenvalue weighted by atomic mass is 9.87. The Bertz CT molecular complexity index is 398. The standard InChI is InChI=1S/C15H23N3O/c1-2-4-12(5-3-1)14-6-7-17-15(18-14)10-13-11-16-8-9-19-13/h6-7,12-13,16H,1-5,8-11H2. The third-order valence-electron chi connectivity index (χ3n) is 4.17. The van der Waals surface area contributed by atoms with Gasteiger partial charge in [0.1, 0.15) is 5.82 Å². The summed E-state index contributed by atoms with van der Waals surface area (Å²) < 4.78 is 5.72. The fourth-order valence-electron chi connectivity index (χ4n) is 3.09. The Morgan fingerprint density at radius 1 is 1.26 bits per heavy atom. The van der Waals surface area contributed by atoms with Crippen LogP contribution in [-0.2, 0) is 11.2 Å². The highest BCUT2D eigenvalue weighted by Gasteiger charge is 2.19. The minimum Gasteiger partial charge on any atom is -0.375 e. The van der Waals surface area contributed by atoms with E-state index in [-0.39, 0.29) is 6.10 Å². The lowest BCUT2D eigenvalue weighted by Crippen LogP contribution is -2.39. The summed E-state index contributed by atoms with van der Waals surface area (Å²) in [5.41, 5.74) is 1.24. The molecule has 4 heteroatoms. The third kappa shape index (κ3) is 3.51. The smallest absolute Gasteiger partial charge is 0.131 e. The van der Waals surface area contributed by atoms with Gasteiger partial charge in [-0.3, -0.25) is 0 Å². The maximum Gasteiger partial charge on any atom is 0.131 e. The van der Waals surface area contributed by atoms with E-state index in [1.165, 1.54) is 37.8 Å². The summed E-state index contributed by atoms with van der Waals surface area (Å²) >= 11 is 0. The van der Waals surface area contributed by atoms with Crippen molar-refractivity contribution in [1.29, 1.82) is 0 Å². The highest BCUT2D eigenvalue weighted by molar-refractivity contribution is 5.10. The lowest BCUT2D eigenvalue weighted by molar-refractivity contribution is 0.0280. The Labute approximate surface area is 115 Å². The van der Waals surface area contributed by atoms with Gasteiger partial charge < -0.3 is 10.1 Å². The highest BCUT2D eigenvalue weighted by atomic mass is 16.5. The van der Waals surface area contributed by atoms with Crippen LogP contribution in [0.4, 0.5) is 0 Å². The molecule has 0 bridgehead atoms. The molecule has 0 radical (unpaired) electrons. The van der Waals surface area contributed by atoms with Crippen LogP contribution in [0.3, 0.4) is 0 Å². The molecule has 2 fully saturated rings. The van der Waals surface area contributed by atoms with E-state index in [4.69, 9.17) is 9.72 Å². The number of hydrogen-bond donors (Lipinski definition) is 1. The first kappa shape index (κ1) is 13.0. The molecule has 0 aromatic carbocycles. The minimum atomic E-state index is 0.232. The van der Waals surface area contributed by atoms with Crippen molar-refractivity contribution < 1.29 is 4.74 Å². The first-order valence-corrected chi connectivity index (χ1v) is 7.56. The van der Waals surface area contributed by atoms with Gasteiger partial charge in [-0.1, -0.05) is 19.3 Å². The Morgan fingerprint density at radius 2 is 2.16 bits per heavy atom. The topological polar surface area (TPSA) is 47.0 Å². The number of nitrogens with zero attached hydrogens (tertiary/aromatic N) is 2. The van der Waals surface area contributed by atoms with Crippen LogP contribution >= 0.6 is 0 Å². The minimum absolute atomic E-state index is 0.232. The fourth-order valence-corrected chi connectivity index (χ4v) is 3.09. The van der Waals surface area contributed by atoms with Gasteiger partial charge in [-0.15, -0.1) is 0 Å². The molecule has 1 aliphatic carbocycles. The molecule has 1 atom stereocenters. The SMILES string of the molecule is c1cc(C2CCCCC2)nc(CC2CNCCO2)n1. The number of hydrogen-bond acceptors (Lipinski definition) is 4. The summed E-state index contributed by atoms with van der Waals surface area (Å²) in [6.07, 6.45) is 9.64. The van der Waals surface area contributed by atoms with Crippen LogP contribution in [0.2, 0.25) is 0 Å². The molecule has 1 saturated carbocycles. The van der Waals surface area contributed by atoms with Gasteiger partial charge in [-0.25, -0.2) is 9.97 Å². The molecule has 104 valence electrons. The van der Waals surface area contributed by atoms with Gasteiger partial charge in [0.25, 0.3) is 0 Å². The highest BCUT2D eigenvalue weighted by Crippen LogP contribution is 2.31. The number of morpholine rings is 1.